The van der Waals surface area contributed by atoms with Crippen LogP contribution in [0.25, 0.3) is 6.08 Å². The van der Waals surface area contributed by atoms with Crippen molar-refractivity contribution in [2.75, 3.05) is 18.4 Å². The van der Waals surface area contributed by atoms with Crippen LogP contribution in [0.4, 0.5) is 5.69 Å². The topological polar surface area (TPSA) is 119 Å². The number of hydrogen-bond donors (Lipinski definition) is 2. The summed E-state index contributed by atoms with van der Waals surface area (Å²) in [6, 6.07) is 8.00. The highest BCUT2D eigenvalue weighted by molar-refractivity contribution is 7.89. The van der Waals surface area contributed by atoms with E-state index in [4.69, 9.17) is 0 Å². The lowest BCUT2D eigenvalue weighted by Crippen LogP contribution is -2.35. The van der Waals surface area contributed by atoms with Crippen LogP contribution in [0, 0.1) is 25.2 Å². The fraction of sp³-hybridized carbons (Fsp3) is 0.350. The second kappa shape index (κ2) is 8.59. The summed E-state index contributed by atoms with van der Waals surface area (Å²) in [5.41, 5.74) is 2.32. The van der Waals surface area contributed by atoms with E-state index in [1.807, 2.05) is 6.07 Å². The number of hydrogen-bond acceptors (Lipinski definition) is 5. The third kappa shape index (κ3) is 4.55. The first kappa shape index (κ1) is 20.8. The van der Waals surface area contributed by atoms with Gasteiger partial charge >= 0.3 is 0 Å². The monoisotopic (exact) mass is 413 g/mol. The van der Waals surface area contributed by atoms with Crippen LogP contribution in [0.15, 0.2) is 34.7 Å². The van der Waals surface area contributed by atoms with Gasteiger partial charge in [-0.25, -0.2) is 8.42 Å². The van der Waals surface area contributed by atoms with Gasteiger partial charge in [0.15, 0.2) is 0 Å². The van der Waals surface area contributed by atoms with E-state index in [0.29, 0.717) is 30.0 Å². The predicted molar refractivity (Wildman–Crippen MR) is 109 cm³/mol. The number of nitrogens with zero attached hydrogens (tertiary/aromatic N) is 3. The highest BCUT2D eigenvalue weighted by Crippen LogP contribution is 2.23. The molecular weight excluding hydrogens is 390 g/mol. The van der Waals surface area contributed by atoms with Crippen LogP contribution in [0.3, 0.4) is 0 Å². The van der Waals surface area contributed by atoms with Crippen LogP contribution in [-0.4, -0.2) is 41.9 Å². The third-order valence-corrected chi connectivity index (χ3v) is 6.78. The molecule has 1 aliphatic heterocycles. The van der Waals surface area contributed by atoms with Crippen molar-refractivity contribution in [2.24, 2.45) is 0 Å². The zero-order valence-electron chi connectivity index (χ0n) is 16.4. The second-order valence-corrected chi connectivity index (χ2v) is 8.90. The molecule has 1 amide bonds. The van der Waals surface area contributed by atoms with E-state index in [-0.39, 0.29) is 10.5 Å². The third-order valence-electron chi connectivity index (χ3n) is 4.88. The Kier molecular flexibility index (Phi) is 6.15. The molecule has 0 saturated carbocycles. The lowest BCUT2D eigenvalue weighted by atomic mass is 10.1. The minimum atomic E-state index is -3.61. The number of sulfonamides is 1. The first-order valence-corrected chi connectivity index (χ1v) is 10.8. The fourth-order valence-electron chi connectivity index (χ4n) is 3.25. The zero-order valence-corrected chi connectivity index (χ0v) is 17.2. The van der Waals surface area contributed by atoms with E-state index in [2.05, 4.69) is 15.5 Å². The van der Waals surface area contributed by atoms with Crippen molar-refractivity contribution < 1.29 is 13.2 Å². The summed E-state index contributed by atoms with van der Waals surface area (Å²) in [6.45, 7) is 4.58. The van der Waals surface area contributed by atoms with Crippen molar-refractivity contribution in [1.82, 2.24) is 14.5 Å². The quantitative estimate of drug-likeness (QED) is 0.577. The van der Waals surface area contributed by atoms with Crippen LogP contribution in [-0.2, 0) is 14.8 Å². The average molecular weight is 414 g/mol. The van der Waals surface area contributed by atoms with Gasteiger partial charge in [-0.2, -0.15) is 14.7 Å². The van der Waals surface area contributed by atoms with Gasteiger partial charge in [-0.1, -0.05) is 12.5 Å². The number of aromatic nitrogens is 2. The molecular formula is C20H23N5O3S. The van der Waals surface area contributed by atoms with E-state index in [0.717, 1.165) is 25.0 Å². The summed E-state index contributed by atoms with van der Waals surface area (Å²) in [4.78, 5) is 12.7. The Hall–Kier alpha value is -2.96. The lowest BCUT2D eigenvalue weighted by molar-refractivity contribution is -0.112. The summed E-state index contributed by atoms with van der Waals surface area (Å²) in [7, 11) is -3.61. The molecule has 0 bridgehead atoms. The normalized spacial score (nSPS) is 15.7. The Balaban J connectivity index is 1.82. The van der Waals surface area contributed by atoms with E-state index in [1.54, 1.807) is 26.0 Å². The van der Waals surface area contributed by atoms with Gasteiger partial charge in [0, 0.05) is 30.0 Å². The standard InChI is InChI=1S/C20H23N5O3S/c1-14-19(15(2)24-23-14)11-16(13-21)20(26)22-17-7-6-8-18(12-17)29(27,28)25-9-4-3-5-10-25/h6-8,11-12H,3-5,9-10H2,1-2H3,(H,22,26)(H,23,24). The molecule has 2 heterocycles. The molecule has 1 aliphatic rings. The van der Waals surface area contributed by atoms with Gasteiger partial charge in [0.05, 0.1) is 10.6 Å². The van der Waals surface area contributed by atoms with Gasteiger partial charge < -0.3 is 5.32 Å². The second-order valence-electron chi connectivity index (χ2n) is 6.96. The highest BCUT2D eigenvalue weighted by Gasteiger charge is 2.26. The molecule has 0 atom stereocenters. The van der Waals surface area contributed by atoms with Crippen molar-refractivity contribution in [3.63, 3.8) is 0 Å². The maximum absolute atomic E-state index is 12.8. The Morgan fingerprint density at radius 1 is 1.28 bits per heavy atom. The molecule has 2 N–H and O–H groups in total. The summed E-state index contributed by atoms with van der Waals surface area (Å²) in [6.07, 6.45) is 4.19. The number of benzene rings is 1. The largest absolute Gasteiger partial charge is 0.321 e. The molecule has 29 heavy (non-hydrogen) atoms. The van der Waals surface area contributed by atoms with E-state index in [9.17, 15) is 18.5 Å². The van der Waals surface area contributed by atoms with Crippen LogP contribution in [0.2, 0.25) is 0 Å². The molecule has 3 rings (SSSR count). The van der Waals surface area contributed by atoms with Gasteiger partial charge in [-0.15, -0.1) is 0 Å². The van der Waals surface area contributed by atoms with E-state index in [1.165, 1.54) is 22.5 Å². The van der Waals surface area contributed by atoms with Crippen LogP contribution >= 0.6 is 0 Å². The summed E-state index contributed by atoms with van der Waals surface area (Å²) in [5.74, 6) is -0.611. The molecule has 2 aromatic rings. The van der Waals surface area contributed by atoms with Crippen molar-refractivity contribution >= 4 is 27.7 Å². The number of aryl methyl sites for hydroxylation is 2. The number of H-pyrrole nitrogens is 1. The first-order chi connectivity index (χ1) is 13.8. The Bertz CT molecular complexity index is 1070. The molecule has 8 nitrogen and oxygen atoms in total. The molecule has 152 valence electrons. The summed E-state index contributed by atoms with van der Waals surface area (Å²) < 4.78 is 27.2. The van der Waals surface area contributed by atoms with Gasteiger partial charge in [-0.05, 0) is 51.0 Å². The minimum Gasteiger partial charge on any atom is -0.321 e. The number of rotatable bonds is 5. The molecule has 0 aliphatic carbocycles. The number of carbonyl (C=O) groups excluding carboxylic acids is 1. The SMILES string of the molecule is Cc1n[nH]c(C)c1C=C(C#N)C(=O)Nc1cccc(S(=O)(=O)N2CCCCC2)c1. The Labute approximate surface area is 170 Å². The average Bonchev–Trinajstić information content (AvgIpc) is 3.04. The molecule has 1 aromatic heterocycles. The summed E-state index contributed by atoms with van der Waals surface area (Å²) in [5, 5.41) is 18.9. The maximum Gasteiger partial charge on any atom is 0.266 e. The Morgan fingerprint density at radius 3 is 2.62 bits per heavy atom. The minimum absolute atomic E-state index is 0.0955. The number of amides is 1. The van der Waals surface area contributed by atoms with Crippen LogP contribution < -0.4 is 5.32 Å². The van der Waals surface area contributed by atoms with Gasteiger partial charge in [0.1, 0.15) is 11.6 Å². The number of nitriles is 1. The van der Waals surface area contributed by atoms with Crippen molar-refractivity contribution in [3.05, 3.63) is 46.8 Å². The zero-order chi connectivity index (χ0) is 21.0. The summed E-state index contributed by atoms with van der Waals surface area (Å²) >= 11 is 0. The molecule has 1 saturated heterocycles. The molecule has 0 radical (unpaired) electrons. The van der Waals surface area contributed by atoms with Crippen molar-refractivity contribution in [1.29, 1.82) is 5.26 Å². The number of nitrogens with one attached hydrogen (secondary N) is 2. The molecule has 9 heteroatoms. The molecule has 0 spiro atoms. The molecule has 1 fully saturated rings. The smallest absolute Gasteiger partial charge is 0.266 e. The van der Waals surface area contributed by atoms with E-state index >= 15 is 0 Å². The van der Waals surface area contributed by atoms with E-state index < -0.39 is 15.9 Å². The van der Waals surface area contributed by atoms with Gasteiger partial charge in [0.2, 0.25) is 10.0 Å². The van der Waals surface area contributed by atoms with Crippen LogP contribution in [0.1, 0.15) is 36.2 Å². The number of anilines is 1. The maximum atomic E-state index is 12.8. The fourth-order valence-corrected chi connectivity index (χ4v) is 4.82. The number of aromatic amines is 1. The van der Waals surface area contributed by atoms with Crippen molar-refractivity contribution in [2.45, 2.75) is 38.0 Å². The Morgan fingerprint density at radius 2 is 2.00 bits per heavy atom. The molecule has 0 unspecified atom stereocenters. The predicted octanol–water partition coefficient (Wildman–Crippen LogP) is 2.75. The lowest BCUT2D eigenvalue weighted by Gasteiger charge is -2.26. The van der Waals surface area contributed by atoms with Crippen LogP contribution in [0.5, 0.6) is 0 Å². The molecule has 1 aromatic carbocycles. The number of piperidine rings is 1. The number of carbonyl (C=O) groups is 1. The van der Waals surface area contributed by atoms with Crippen molar-refractivity contribution in [3.8, 4) is 6.07 Å². The first-order valence-electron chi connectivity index (χ1n) is 9.38. The highest BCUT2D eigenvalue weighted by atomic mass is 32.2. The van der Waals surface area contributed by atoms with Gasteiger partial charge in [0.25, 0.3) is 5.91 Å². The van der Waals surface area contributed by atoms with Gasteiger partial charge in [-0.3, -0.25) is 9.89 Å².